The number of carboxylic acid groups (broad SMARTS) is 2. The second kappa shape index (κ2) is 6.04. The van der Waals surface area contributed by atoms with Crippen LogP contribution in [0.25, 0.3) is 0 Å². The van der Waals surface area contributed by atoms with Gasteiger partial charge in [-0.15, -0.1) is 0 Å². The Morgan fingerprint density at radius 3 is 1.61 bits per heavy atom. The summed E-state index contributed by atoms with van der Waals surface area (Å²) in [6, 6.07) is 7.76. The minimum atomic E-state index is -2.16. The van der Waals surface area contributed by atoms with Crippen LogP contribution in [-0.4, -0.2) is 49.7 Å². The van der Waals surface area contributed by atoms with E-state index in [0.717, 1.165) is 0 Å². The van der Waals surface area contributed by atoms with Crippen LogP contribution in [-0.2, 0) is 15.0 Å². The van der Waals surface area contributed by atoms with Gasteiger partial charge in [-0.2, -0.15) is 0 Å². The van der Waals surface area contributed by atoms with Gasteiger partial charge in [0.15, 0.2) is 0 Å². The zero-order chi connectivity index (χ0) is 13.3. The second-order valence-electron chi connectivity index (χ2n) is 4.94. The molecule has 0 saturated carbocycles. The Hall–Kier alpha value is -0.580. The smallest absolute Gasteiger partial charge is 0.549 e. The topological polar surface area (TPSA) is 80.3 Å². The van der Waals surface area contributed by atoms with Crippen LogP contribution in [0.15, 0.2) is 30.3 Å². The fourth-order valence-electron chi connectivity index (χ4n) is 2.05. The minimum absolute atomic E-state index is 0. The van der Waals surface area contributed by atoms with Crippen molar-refractivity contribution in [1.82, 2.24) is 0 Å². The Labute approximate surface area is 136 Å². The summed E-state index contributed by atoms with van der Waals surface area (Å²) in [6.45, 7) is 4.60. The molecule has 0 spiro atoms. The molecule has 4 nitrogen and oxygen atoms in total. The number of rotatable bonds is 3. The van der Waals surface area contributed by atoms with E-state index in [2.05, 4.69) is 0 Å². The Morgan fingerprint density at radius 2 is 1.33 bits per heavy atom. The van der Waals surface area contributed by atoms with Crippen LogP contribution in [0.5, 0.6) is 0 Å². The van der Waals surface area contributed by atoms with Gasteiger partial charge in [0.1, 0.15) is 0 Å². The standard InChI is InChI=1S/C13H16O4.Ca/c1-12(2,3)13(10(14)15,11(16)17)9-7-5-4-6-8-9;/h4-8H,1-3H3,(H,14,15)(H,16,17);/q;+2/p-2. The Balaban J connectivity index is 0.00000289. The summed E-state index contributed by atoms with van der Waals surface area (Å²) in [6.07, 6.45) is 0. The minimum Gasteiger partial charge on any atom is -0.549 e. The summed E-state index contributed by atoms with van der Waals surface area (Å²) in [7, 11) is 0. The van der Waals surface area contributed by atoms with E-state index in [4.69, 9.17) is 0 Å². The molecule has 18 heavy (non-hydrogen) atoms. The van der Waals surface area contributed by atoms with Crippen molar-refractivity contribution in [3.8, 4) is 0 Å². The molecule has 0 aliphatic heterocycles. The first-order valence-electron chi connectivity index (χ1n) is 5.23. The van der Waals surface area contributed by atoms with Crippen molar-refractivity contribution >= 4 is 49.7 Å². The summed E-state index contributed by atoms with van der Waals surface area (Å²) in [4.78, 5) is 22.8. The molecule has 0 aromatic heterocycles. The zero-order valence-corrected chi connectivity index (χ0v) is 12.9. The van der Waals surface area contributed by atoms with Gasteiger partial charge in [-0.3, -0.25) is 0 Å². The molecule has 0 N–H and O–H groups in total. The van der Waals surface area contributed by atoms with Crippen LogP contribution in [0, 0.1) is 5.41 Å². The van der Waals surface area contributed by atoms with E-state index < -0.39 is 22.8 Å². The Kier molecular flexibility index (Phi) is 5.85. The number of benzene rings is 1. The Morgan fingerprint density at radius 1 is 0.944 bits per heavy atom. The summed E-state index contributed by atoms with van der Waals surface area (Å²) in [5.41, 5.74) is -3.06. The van der Waals surface area contributed by atoms with Crippen LogP contribution in [0.2, 0.25) is 0 Å². The third-order valence-electron chi connectivity index (χ3n) is 2.94. The SMILES string of the molecule is CC(C)(C)C(C(=O)[O-])(C(=O)[O-])c1ccccc1.[Ca+2]. The molecule has 0 unspecified atom stereocenters. The quantitative estimate of drug-likeness (QED) is 0.528. The van der Waals surface area contributed by atoms with Crippen molar-refractivity contribution in [3.05, 3.63) is 35.9 Å². The predicted molar refractivity (Wildman–Crippen MR) is 63.3 cm³/mol. The van der Waals surface area contributed by atoms with Gasteiger partial charge in [0.25, 0.3) is 0 Å². The van der Waals surface area contributed by atoms with Gasteiger partial charge in [0.2, 0.25) is 0 Å². The fraction of sp³-hybridized carbons (Fsp3) is 0.385. The van der Waals surface area contributed by atoms with E-state index in [9.17, 15) is 19.8 Å². The van der Waals surface area contributed by atoms with Crippen LogP contribution < -0.4 is 10.2 Å². The summed E-state index contributed by atoms with van der Waals surface area (Å²) in [5.74, 6) is -3.31. The van der Waals surface area contributed by atoms with Crippen molar-refractivity contribution in [3.63, 3.8) is 0 Å². The van der Waals surface area contributed by atoms with E-state index in [1.165, 1.54) is 32.9 Å². The first kappa shape index (κ1) is 17.4. The van der Waals surface area contributed by atoms with Crippen molar-refractivity contribution < 1.29 is 19.8 Å². The first-order chi connectivity index (χ1) is 7.74. The van der Waals surface area contributed by atoms with E-state index >= 15 is 0 Å². The summed E-state index contributed by atoms with van der Waals surface area (Å²) >= 11 is 0. The predicted octanol–water partition coefficient (Wildman–Crippen LogP) is -0.910. The molecular weight excluding hydrogens is 260 g/mol. The molecule has 0 fully saturated rings. The van der Waals surface area contributed by atoms with E-state index in [1.54, 1.807) is 18.2 Å². The molecule has 0 amide bonds. The third kappa shape index (κ3) is 2.71. The van der Waals surface area contributed by atoms with Crippen LogP contribution in [0.4, 0.5) is 0 Å². The fourth-order valence-corrected chi connectivity index (χ4v) is 2.05. The molecular formula is C13H14CaO4. The number of hydrogen-bond acceptors (Lipinski definition) is 4. The molecule has 1 rings (SSSR count). The molecule has 0 saturated heterocycles. The first-order valence-corrected chi connectivity index (χ1v) is 5.23. The molecule has 0 atom stereocenters. The maximum absolute atomic E-state index is 11.4. The maximum atomic E-state index is 11.4. The average Bonchev–Trinajstić information content (AvgIpc) is 2.16. The third-order valence-corrected chi connectivity index (χ3v) is 2.94. The molecule has 1 aromatic rings. The number of hydrogen-bond donors (Lipinski definition) is 0. The Bertz CT molecular complexity index is 420. The van der Waals surface area contributed by atoms with Crippen molar-refractivity contribution in [1.29, 1.82) is 0 Å². The monoisotopic (exact) mass is 274 g/mol. The molecule has 5 heteroatoms. The molecule has 92 valence electrons. The average molecular weight is 274 g/mol. The van der Waals surface area contributed by atoms with Crippen molar-refractivity contribution in [2.75, 3.05) is 0 Å². The number of carbonyl (C=O) groups is 2. The van der Waals surface area contributed by atoms with Gasteiger partial charge >= 0.3 is 37.7 Å². The second-order valence-corrected chi connectivity index (χ2v) is 4.94. The largest absolute Gasteiger partial charge is 2.00 e. The molecule has 0 bridgehead atoms. The van der Waals surface area contributed by atoms with Gasteiger partial charge in [0.05, 0.1) is 17.4 Å². The summed E-state index contributed by atoms with van der Waals surface area (Å²) < 4.78 is 0. The number of carboxylic acids is 2. The van der Waals surface area contributed by atoms with Crippen molar-refractivity contribution in [2.45, 2.75) is 26.2 Å². The molecule has 0 aliphatic rings. The van der Waals surface area contributed by atoms with Crippen LogP contribution in [0.3, 0.4) is 0 Å². The number of carbonyl (C=O) groups excluding carboxylic acids is 2. The molecule has 0 radical (unpaired) electrons. The van der Waals surface area contributed by atoms with Crippen LogP contribution >= 0.6 is 0 Å². The van der Waals surface area contributed by atoms with E-state index in [1.807, 2.05) is 0 Å². The van der Waals surface area contributed by atoms with Gasteiger partial charge in [0, 0.05) is 0 Å². The van der Waals surface area contributed by atoms with E-state index in [0.29, 0.717) is 0 Å². The zero-order valence-electron chi connectivity index (χ0n) is 10.7. The maximum Gasteiger partial charge on any atom is 2.00 e. The molecule has 0 heterocycles. The van der Waals surface area contributed by atoms with Crippen LogP contribution in [0.1, 0.15) is 26.3 Å². The van der Waals surface area contributed by atoms with Gasteiger partial charge in [-0.05, 0) is 11.0 Å². The summed E-state index contributed by atoms with van der Waals surface area (Å²) in [5, 5.41) is 22.8. The normalized spacial score (nSPS) is 11.5. The van der Waals surface area contributed by atoms with Gasteiger partial charge in [-0.1, -0.05) is 51.1 Å². The van der Waals surface area contributed by atoms with E-state index in [-0.39, 0.29) is 43.3 Å². The number of aliphatic carboxylic acids is 2. The van der Waals surface area contributed by atoms with Crippen molar-refractivity contribution in [2.24, 2.45) is 5.41 Å². The molecule has 0 aliphatic carbocycles. The molecule has 1 aromatic carbocycles. The van der Waals surface area contributed by atoms with Gasteiger partial charge < -0.3 is 19.8 Å². The van der Waals surface area contributed by atoms with Gasteiger partial charge in [-0.25, -0.2) is 0 Å².